The number of methoxy groups -OCH3 is 3. The number of thioether (sulfide) groups is 1. The number of amides is 2. The maximum atomic E-state index is 12.3. The predicted octanol–water partition coefficient (Wildman–Crippen LogP) is 4.28. The first-order valence-corrected chi connectivity index (χ1v) is 12.4. The minimum atomic E-state index is -0.385. The molecule has 0 saturated carbocycles. The summed E-state index contributed by atoms with van der Waals surface area (Å²) in [6.45, 7) is 0.342. The van der Waals surface area contributed by atoms with Gasteiger partial charge in [0.05, 0.1) is 27.1 Å². The van der Waals surface area contributed by atoms with Crippen molar-refractivity contribution < 1.29 is 23.8 Å². The van der Waals surface area contributed by atoms with Crippen LogP contribution in [0.25, 0.3) is 6.08 Å². The Labute approximate surface area is 215 Å². The number of benzene rings is 2. The molecule has 1 aromatic heterocycles. The predicted molar refractivity (Wildman–Crippen MR) is 138 cm³/mol. The first kappa shape index (κ1) is 26.3. The third-order valence-corrected chi connectivity index (χ3v) is 6.85. The zero-order chi connectivity index (χ0) is 25.2. The Kier molecular flexibility index (Phi) is 9.76. The van der Waals surface area contributed by atoms with Gasteiger partial charge in [0.25, 0.3) is 0 Å². The third kappa shape index (κ3) is 7.61. The number of carbonyl (C=O) groups excluding carboxylic acids is 2. The number of halogens is 1. The van der Waals surface area contributed by atoms with Crippen LogP contribution in [0.5, 0.6) is 17.2 Å². The van der Waals surface area contributed by atoms with Gasteiger partial charge in [0, 0.05) is 17.6 Å². The molecule has 9 nitrogen and oxygen atoms in total. The van der Waals surface area contributed by atoms with Crippen molar-refractivity contribution in [3.8, 4) is 17.2 Å². The molecule has 35 heavy (non-hydrogen) atoms. The molecule has 0 saturated heterocycles. The number of anilines is 1. The Morgan fingerprint density at radius 1 is 1.09 bits per heavy atom. The average Bonchev–Trinajstić information content (AvgIpc) is 3.32. The van der Waals surface area contributed by atoms with Gasteiger partial charge in [-0.3, -0.25) is 14.9 Å². The minimum Gasteiger partial charge on any atom is -0.493 e. The van der Waals surface area contributed by atoms with Crippen LogP contribution in [0.1, 0.15) is 11.1 Å². The second-order valence-corrected chi connectivity index (χ2v) is 9.42. The Morgan fingerprint density at radius 3 is 2.46 bits per heavy atom. The Bertz CT molecular complexity index is 1190. The molecule has 0 radical (unpaired) electrons. The Hall–Kier alpha value is -3.28. The van der Waals surface area contributed by atoms with E-state index in [0.29, 0.717) is 43.9 Å². The zero-order valence-electron chi connectivity index (χ0n) is 19.2. The van der Waals surface area contributed by atoms with E-state index in [-0.39, 0.29) is 17.6 Å². The zero-order valence-corrected chi connectivity index (χ0v) is 21.6. The molecule has 0 atom stereocenters. The lowest BCUT2D eigenvalue weighted by atomic mass is 10.1. The molecule has 2 aromatic carbocycles. The molecule has 3 aromatic rings. The van der Waals surface area contributed by atoms with Crippen LogP contribution < -0.4 is 24.8 Å². The second kappa shape index (κ2) is 13.0. The highest BCUT2D eigenvalue weighted by molar-refractivity contribution is 8.01. The summed E-state index contributed by atoms with van der Waals surface area (Å²) in [5.74, 6) is 1.04. The fourth-order valence-electron chi connectivity index (χ4n) is 2.85. The normalized spacial score (nSPS) is 10.7. The van der Waals surface area contributed by atoms with Crippen LogP contribution >= 0.6 is 34.7 Å². The van der Waals surface area contributed by atoms with Gasteiger partial charge in [-0.15, -0.1) is 10.2 Å². The number of carbonyl (C=O) groups is 2. The van der Waals surface area contributed by atoms with Crippen molar-refractivity contribution in [3.63, 3.8) is 0 Å². The van der Waals surface area contributed by atoms with Gasteiger partial charge in [-0.05, 0) is 35.4 Å². The third-order valence-electron chi connectivity index (χ3n) is 4.51. The molecule has 3 rings (SSSR count). The molecule has 184 valence electrons. The molecule has 12 heteroatoms. The van der Waals surface area contributed by atoms with Gasteiger partial charge in [-0.2, -0.15) is 0 Å². The SMILES string of the molecule is COc1cc(/C=C/C(=O)Nc2nnc(SCC(=O)NCc3ccccc3Cl)s2)cc(OC)c1OC. The maximum Gasteiger partial charge on any atom is 0.250 e. The Balaban J connectivity index is 1.50. The molecular weight excluding hydrogens is 512 g/mol. The van der Waals surface area contributed by atoms with Crippen molar-refractivity contribution in [1.29, 1.82) is 0 Å². The summed E-state index contributed by atoms with van der Waals surface area (Å²) in [7, 11) is 4.56. The van der Waals surface area contributed by atoms with E-state index in [2.05, 4.69) is 20.8 Å². The summed E-state index contributed by atoms with van der Waals surface area (Å²) in [6, 6.07) is 10.8. The quantitative estimate of drug-likeness (QED) is 0.213. The van der Waals surface area contributed by atoms with Crippen LogP contribution in [0.4, 0.5) is 5.13 Å². The standard InChI is InChI=1S/C23H23ClN4O5S2/c1-31-17-10-14(11-18(32-2)21(17)33-3)8-9-19(29)26-22-27-28-23(35-22)34-13-20(30)25-12-15-6-4-5-7-16(15)24/h4-11H,12-13H2,1-3H3,(H,25,30)(H,26,27,29)/b9-8+. The number of rotatable bonds is 11. The van der Waals surface area contributed by atoms with Crippen molar-refractivity contribution >= 4 is 57.7 Å². The highest BCUT2D eigenvalue weighted by Crippen LogP contribution is 2.38. The molecule has 1 heterocycles. The number of hydrogen-bond acceptors (Lipinski definition) is 9. The molecule has 0 aliphatic heterocycles. The van der Waals surface area contributed by atoms with Crippen molar-refractivity contribution in [3.05, 3.63) is 58.6 Å². The number of hydrogen-bond donors (Lipinski definition) is 2. The van der Waals surface area contributed by atoms with Crippen LogP contribution in [-0.2, 0) is 16.1 Å². The fraction of sp³-hybridized carbons (Fsp3) is 0.217. The van der Waals surface area contributed by atoms with E-state index in [1.165, 1.54) is 50.5 Å². The second-order valence-electron chi connectivity index (χ2n) is 6.81. The fourth-order valence-corrected chi connectivity index (χ4v) is 4.64. The van der Waals surface area contributed by atoms with Crippen LogP contribution in [0.3, 0.4) is 0 Å². The summed E-state index contributed by atoms with van der Waals surface area (Å²) in [4.78, 5) is 24.4. The van der Waals surface area contributed by atoms with Crippen molar-refractivity contribution in [2.24, 2.45) is 0 Å². The molecule has 2 N–H and O–H groups in total. The number of nitrogens with zero attached hydrogens (tertiary/aromatic N) is 2. The van der Waals surface area contributed by atoms with Crippen LogP contribution in [0.2, 0.25) is 5.02 Å². The lowest BCUT2D eigenvalue weighted by Crippen LogP contribution is -2.24. The van der Waals surface area contributed by atoms with E-state index in [0.717, 1.165) is 5.56 Å². The van der Waals surface area contributed by atoms with Gasteiger partial charge in [0.1, 0.15) is 0 Å². The van der Waals surface area contributed by atoms with Crippen molar-refractivity contribution in [1.82, 2.24) is 15.5 Å². The van der Waals surface area contributed by atoms with Gasteiger partial charge in [0.15, 0.2) is 15.8 Å². The summed E-state index contributed by atoms with van der Waals surface area (Å²) < 4.78 is 16.5. The van der Waals surface area contributed by atoms with E-state index >= 15 is 0 Å². The molecule has 0 unspecified atom stereocenters. The summed E-state index contributed by atoms with van der Waals surface area (Å²) in [6.07, 6.45) is 2.97. The smallest absolute Gasteiger partial charge is 0.250 e. The largest absolute Gasteiger partial charge is 0.493 e. The van der Waals surface area contributed by atoms with Gasteiger partial charge in [-0.25, -0.2) is 0 Å². The van der Waals surface area contributed by atoms with Gasteiger partial charge in [0.2, 0.25) is 22.7 Å². The molecule has 0 aliphatic rings. The van der Waals surface area contributed by atoms with Crippen molar-refractivity contribution in [2.45, 2.75) is 10.9 Å². The van der Waals surface area contributed by atoms with E-state index in [1.807, 2.05) is 18.2 Å². The number of nitrogens with one attached hydrogen (secondary N) is 2. The maximum absolute atomic E-state index is 12.3. The van der Waals surface area contributed by atoms with Gasteiger partial charge in [-0.1, -0.05) is 52.9 Å². The van der Waals surface area contributed by atoms with Crippen LogP contribution in [0.15, 0.2) is 46.8 Å². The van der Waals surface area contributed by atoms with Crippen molar-refractivity contribution in [2.75, 3.05) is 32.4 Å². The van der Waals surface area contributed by atoms with E-state index in [4.69, 9.17) is 25.8 Å². The Morgan fingerprint density at radius 2 is 1.80 bits per heavy atom. The summed E-state index contributed by atoms with van der Waals surface area (Å²) in [5.41, 5.74) is 1.53. The molecule has 0 bridgehead atoms. The van der Waals surface area contributed by atoms with Crippen LogP contribution in [-0.4, -0.2) is 49.1 Å². The number of aromatic nitrogens is 2. The molecule has 0 fully saturated rings. The van der Waals surface area contributed by atoms with Gasteiger partial charge >= 0.3 is 0 Å². The average molecular weight is 535 g/mol. The monoisotopic (exact) mass is 534 g/mol. The lowest BCUT2D eigenvalue weighted by molar-refractivity contribution is -0.118. The van der Waals surface area contributed by atoms with Crippen LogP contribution in [0, 0.1) is 0 Å². The first-order chi connectivity index (χ1) is 16.9. The van der Waals surface area contributed by atoms with E-state index in [9.17, 15) is 9.59 Å². The molecule has 2 amide bonds. The summed E-state index contributed by atoms with van der Waals surface area (Å²) in [5, 5.41) is 14.3. The van der Waals surface area contributed by atoms with Gasteiger partial charge < -0.3 is 19.5 Å². The molecule has 0 aliphatic carbocycles. The lowest BCUT2D eigenvalue weighted by Gasteiger charge is -2.12. The van der Waals surface area contributed by atoms with E-state index in [1.54, 1.807) is 24.3 Å². The topological polar surface area (TPSA) is 112 Å². The minimum absolute atomic E-state index is 0.161. The number of ether oxygens (including phenoxy) is 3. The van der Waals surface area contributed by atoms with E-state index < -0.39 is 0 Å². The highest BCUT2D eigenvalue weighted by atomic mass is 35.5. The molecule has 0 spiro atoms. The first-order valence-electron chi connectivity index (χ1n) is 10.2. The molecular formula is C23H23ClN4O5S2. The summed E-state index contributed by atoms with van der Waals surface area (Å²) >= 11 is 8.50. The highest BCUT2D eigenvalue weighted by Gasteiger charge is 2.13.